The fourth-order valence-corrected chi connectivity index (χ4v) is 2.48. The van der Waals surface area contributed by atoms with Crippen LogP contribution in [0.15, 0.2) is 24.3 Å². The van der Waals surface area contributed by atoms with E-state index in [4.69, 9.17) is 9.47 Å². The number of carbonyl (C=O) groups is 4. The number of esters is 2. The summed E-state index contributed by atoms with van der Waals surface area (Å²) >= 11 is 0. The molecule has 0 spiro atoms. The van der Waals surface area contributed by atoms with Crippen LogP contribution in [0.25, 0.3) is 0 Å². The molecule has 0 aromatic carbocycles. The Morgan fingerprint density at radius 3 is 1.15 bits per heavy atom. The SMILES string of the molecule is CCCCCCCCOC(=O)C=CC(=O)[O-].CCCCCCCCOC(=O)C=CC(=O)[O-].[Cd+2]. The van der Waals surface area contributed by atoms with Crippen LogP contribution in [0.2, 0.25) is 0 Å². The van der Waals surface area contributed by atoms with E-state index in [1.807, 2.05) is 0 Å². The van der Waals surface area contributed by atoms with Gasteiger partial charge in [-0.2, -0.15) is 0 Å². The first-order valence-electron chi connectivity index (χ1n) is 11.4. The molecule has 0 unspecified atom stereocenters. The molecular formula is C24H38CdO8. The minimum atomic E-state index is -1.39. The fourth-order valence-electron chi connectivity index (χ4n) is 2.48. The monoisotopic (exact) mass is 568 g/mol. The third kappa shape index (κ3) is 35.1. The summed E-state index contributed by atoms with van der Waals surface area (Å²) in [6, 6.07) is 0. The number of carboxylic acid groups (broad SMARTS) is 2. The first kappa shape index (κ1) is 35.9. The van der Waals surface area contributed by atoms with Crippen molar-refractivity contribution in [2.45, 2.75) is 90.9 Å². The molecule has 0 aromatic rings. The molecule has 0 saturated carbocycles. The minimum Gasteiger partial charge on any atom is -0.545 e. The first-order chi connectivity index (χ1) is 15.3. The minimum absolute atomic E-state index is 0. The normalized spacial score (nSPS) is 10.2. The van der Waals surface area contributed by atoms with Crippen LogP contribution in [0.1, 0.15) is 90.9 Å². The quantitative estimate of drug-likeness (QED) is 0.107. The topological polar surface area (TPSA) is 133 Å². The first-order valence-corrected chi connectivity index (χ1v) is 11.4. The molecule has 0 N–H and O–H groups in total. The second-order valence-corrected chi connectivity index (χ2v) is 7.18. The molecule has 0 aliphatic carbocycles. The molecule has 0 saturated heterocycles. The van der Waals surface area contributed by atoms with Crippen molar-refractivity contribution in [1.82, 2.24) is 0 Å². The van der Waals surface area contributed by atoms with E-state index < -0.39 is 23.9 Å². The van der Waals surface area contributed by atoms with Crippen LogP contribution in [-0.2, 0) is 56.0 Å². The number of rotatable bonds is 18. The van der Waals surface area contributed by atoms with E-state index >= 15 is 0 Å². The maximum atomic E-state index is 10.9. The summed E-state index contributed by atoms with van der Waals surface area (Å²) in [5.74, 6) is -4.04. The summed E-state index contributed by atoms with van der Waals surface area (Å²) in [4.78, 5) is 41.7. The molecule has 0 fully saturated rings. The van der Waals surface area contributed by atoms with Gasteiger partial charge in [-0.15, -0.1) is 0 Å². The van der Waals surface area contributed by atoms with Crippen LogP contribution < -0.4 is 10.2 Å². The Morgan fingerprint density at radius 1 is 0.545 bits per heavy atom. The average Bonchev–Trinajstić information content (AvgIpc) is 2.75. The van der Waals surface area contributed by atoms with Crippen molar-refractivity contribution in [1.29, 1.82) is 0 Å². The molecule has 0 aliphatic rings. The standard InChI is InChI=1S/2C12H20O4.Cd/c2*1-2-3-4-5-6-7-10-16-12(15)9-8-11(13)14;/h2*8-9H,2-7,10H2,1H3,(H,13,14);/q;;+2/p-2. The molecule has 0 bridgehead atoms. The van der Waals surface area contributed by atoms with Crippen molar-refractivity contribution in [3.8, 4) is 0 Å². The van der Waals surface area contributed by atoms with Crippen LogP contribution in [0.5, 0.6) is 0 Å². The molecule has 9 heteroatoms. The number of unbranched alkanes of at least 4 members (excludes halogenated alkanes) is 10. The van der Waals surface area contributed by atoms with E-state index in [9.17, 15) is 29.4 Å². The zero-order valence-electron chi connectivity index (χ0n) is 20.2. The Labute approximate surface area is 218 Å². The number of hydrogen-bond acceptors (Lipinski definition) is 8. The number of carbonyl (C=O) groups excluding carboxylic acids is 4. The molecular weight excluding hydrogens is 529 g/mol. The number of carboxylic acids is 2. The van der Waals surface area contributed by atoms with Crippen LogP contribution >= 0.6 is 0 Å². The third-order valence-corrected chi connectivity index (χ3v) is 4.20. The molecule has 0 radical (unpaired) electrons. The van der Waals surface area contributed by atoms with E-state index in [0.29, 0.717) is 25.4 Å². The van der Waals surface area contributed by atoms with Crippen molar-refractivity contribution in [2.75, 3.05) is 13.2 Å². The van der Waals surface area contributed by atoms with Crippen molar-refractivity contribution >= 4 is 23.9 Å². The van der Waals surface area contributed by atoms with Crippen molar-refractivity contribution in [2.24, 2.45) is 0 Å². The van der Waals surface area contributed by atoms with Gasteiger partial charge in [-0.25, -0.2) is 9.59 Å². The number of hydrogen-bond donors (Lipinski definition) is 0. The smallest absolute Gasteiger partial charge is 0.545 e. The van der Waals surface area contributed by atoms with E-state index in [1.165, 1.54) is 38.5 Å². The van der Waals surface area contributed by atoms with Gasteiger partial charge in [-0.05, 0) is 25.0 Å². The maximum Gasteiger partial charge on any atom is 2.00 e. The van der Waals surface area contributed by atoms with Crippen molar-refractivity contribution < 1.29 is 66.2 Å². The Balaban J connectivity index is -0.000000529. The molecule has 33 heavy (non-hydrogen) atoms. The predicted octanol–water partition coefficient (Wildman–Crippen LogP) is 2.39. The van der Waals surface area contributed by atoms with Gasteiger partial charge in [0, 0.05) is 12.2 Å². The summed E-state index contributed by atoms with van der Waals surface area (Å²) in [6.45, 7) is 5.02. The molecule has 0 heterocycles. The van der Waals surface area contributed by atoms with Gasteiger partial charge in [0.25, 0.3) is 0 Å². The van der Waals surface area contributed by atoms with Gasteiger partial charge in [0.05, 0.1) is 25.2 Å². The molecule has 0 aliphatic heterocycles. The molecule has 0 amide bonds. The van der Waals surface area contributed by atoms with Gasteiger partial charge < -0.3 is 29.3 Å². The Bertz CT molecular complexity index is 523. The summed E-state index contributed by atoms with van der Waals surface area (Å²) in [5, 5.41) is 19.9. The summed E-state index contributed by atoms with van der Waals surface area (Å²) in [7, 11) is 0. The van der Waals surface area contributed by atoms with E-state index in [2.05, 4.69) is 13.8 Å². The van der Waals surface area contributed by atoms with Crippen molar-refractivity contribution in [3.05, 3.63) is 24.3 Å². The molecule has 0 aromatic heterocycles. The predicted molar refractivity (Wildman–Crippen MR) is 117 cm³/mol. The van der Waals surface area contributed by atoms with Gasteiger partial charge in [0.1, 0.15) is 0 Å². The molecule has 0 atom stereocenters. The van der Waals surface area contributed by atoms with Crippen LogP contribution in [-0.4, -0.2) is 37.1 Å². The fraction of sp³-hybridized carbons (Fsp3) is 0.667. The molecule has 0 rings (SSSR count). The van der Waals surface area contributed by atoms with Gasteiger partial charge in [-0.1, -0.05) is 78.1 Å². The largest absolute Gasteiger partial charge is 2.00 e. The van der Waals surface area contributed by atoms with Crippen LogP contribution in [0, 0.1) is 0 Å². The summed E-state index contributed by atoms with van der Waals surface area (Å²) in [6.07, 6.45) is 16.5. The Morgan fingerprint density at radius 2 is 0.848 bits per heavy atom. The van der Waals surface area contributed by atoms with Crippen molar-refractivity contribution in [3.63, 3.8) is 0 Å². The van der Waals surface area contributed by atoms with Crippen LogP contribution in [0.4, 0.5) is 0 Å². The average molecular weight is 567 g/mol. The summed E-state index contributed by atoms with van der Waals surface area (Å²) in [5.41, 5.74) is 0. The van der Waals surface area contributed by atoms with E-state index in [-0.39, 0.29) is 27.3 Å². The second kappa shape index (κ2) is 28.3. The van der Waals surface area contributed by atoms with E-state index in [0.717, 1.165) is 50.7 Å². The number of aliphatic carboxylic acids is 2. The van der Waals surface area contributed by atoms with Gasteiger partial charge in [-0.3, -0.25) is 0 Å². The van der Waals surface area contributed by atoms with Gasteiger partial charge in [0.15, 0.2) is 0 Å². The van der Waals surface area contributed by atoms with Gasteiger partial charge in [0.2, 0.25) is 0 Å². The van der Waals surface area contributed by atoms with Crippen LogP contribution in [0.3, 0.4) is 0 Å². The maximum absolute atomic E-state index is 10.9. The Hall–Kier alpha value is -1.72. The third-order valence-electron chi connectivity index (χ3n) is 4.20. The zero-order valence-corrected chi connectivity index (χ0v) is 24.2. The zero-order chi connectivity index (χ0) is 24.5. The van der Waals surface area contributed by atoms with Gasteiger partial charge >= 0.3 is 39.2 Å². The molecule has 8 nitrogen and oxygen atoms in total. The number of ether oxygens (including phenoxy) is 2. The Kier molecular flexibility index (Phi) is 30.8. The van der Waals surface area contributed by atoms with E-state index in [1.54, 1.807) is 0 Å². The second-order valence-electron chi connectivity index (χ2n) is 7.18. The summed E-state index contributed by atoms with van der Waals surface area (Å²) < 4.78 is 9.56. The molecule has 184 valence electrons.